The summed E-state index contributed by atoms with van der Waals surface area (Å²) in [4.78, 5) is 26.5. The van der Waals surface area contributed by atoms with Crippen molar-refractivity contribution in [2.24, 2.45) is 5.41 Å². The van der Waals surface area contributed by atoms with Gasteiger partial charge in [-0.2, -0.15) is 18.3 Å². The van der Waals surface area contributed by atoms with Crippen LogP contribution in [-0.2, 0) is 4.79 Å². The van der Waals surface area contributed by atoms with Crippen molar-refractivity contribution in [1.29, 1.82) is 0 Å². The maximum atomic E-state index is 13.4. The number of hydrogen-bond donors (Lipinski definition) is 1. The highest BCUT2D eigenvalue weighted by Crippen LogP contribution is 2.32. The Hall–Kier alpha value is -4.15. The molecule has 0 unspecified atom stereocenters. The first kappa shape index (κ1) is 26.5. The molecule has 11 heteroatoms. The second kappa shape index (κ2) is 10.2. The van der Waals surface area contributed by atoms with Gasteiger partial charge in [0.2, 0.25) is 0 Å². The molecule has 2 aromatic heterocycles. The van der Waals surface area contributed by atoms with Crippen LogP contribution in [0.3, 0.4) is 0 Å². The first-order valence-corrected chi connectivity index (χ1v) is 12.7. The molecule has 1 amide bonds. The first-order chi connectivity index (χ1) is 18.5. The summed E-state index contributed by atoms with van der Waals surface area (Å²) in [6.45, 7) is 7.99. The number of aromatic amines is 1. The van der Waals surface area contributed by atoms with Crippen molar-refractivity contribution in [2.75, 3.05) is 47.4 Å². The molecule has 0 aliphatic carbocycles. The largest absolute Gasteiger partial charge is 0.471 e. The molecule has 0 bridgehead atoms. The van der Waals surface area contributed by atoms with Crippen molar-refractivity contribution in [3.8, 4) is 11.1 Å². The number of nitrogens with zero attached hydrogens (tertiary/aromatic N) is 6. The van der Waals surface area contributed by atoms with Gasteiger partial charge in [0, 0.05) is 61.2 Å². The number of carbonyl (C=O) groups excluding carboxylic acids is 1. The number of fused-ring (bicyclic) bond motifs is 1. The molecule has 0 radical (unpaired) electrons. The third kappa shape index (κ3) is 5.81. The van der Waals surface area contributed by atoms with Gasteiger partial charge in [0.1, 0.15) is 12.1 Å². The highest BCUT2D eigenvalue weighted by Gasteiger charge is 2.44. The van der Waals surface area contributed by atoms with Crippen molar-refractivity contribution in [1.82, 2.24) is 20.2 Å². The zero-order chi connectivity index (χ0) is 27.8. The van der Waals surface area contributed by atoms with E-state index in [1.54, 1.807) is 30.7 Å². The Bertz CT molecular complexity index is 1460. The lowest BCUT2D eigenvalue weighted by Gasteiger charge is -2.37. The molecule has 1 fully saturated rings. The molecule has 0 spiro atoms. The van der Waals surface area contributed by atoms with Gasteiger partial charge in [-0.25, -0.2) is 9.97 Å². The molecule has 1 saturated heterocycles. The Morgan fingerprint density at radius 3 is 2.38 bits per heavy atom. The normalized spacial score (nSPS) is 14.6. The summed E-state index contributed by atoms with van der Waals surface area (Å²) >= 11 is 0. The Kier molecular flexibility index (Phi) is 6.92. The van der Waals surface area contributed by atoms with Crippen LogP contribution in [0.5, 0.6) is 0 Å². The van der Waals surface area contributed by atoms with E-state index in [0.29, 0.717) is 26.2 Å². The van der Waals surface area contributed by atoms with Crippen molar-refractivity contribution in [3.05, 3.63) is 61.2 Å². The average Bonchev–Trinajstić information content (AvgIpc) is 3.45. The van der Waals surface area contributed by atoms with E-state index < -0.39 is 17.5 Å². The Morgan fingerprint density at radius 2 is 1.72 bits per heavy atom. The number of nitrogens with one attached hydrogen (secondary N) is 1. The molecule has 0 atom stereocenters. The summed E-state index contributed by atoms with van der Waals surface area (Å²) in [7, 11) is 0. The number of hydrogen-bond acceptors (Lipinski definition) is 6. The molecule has 8 nitrogen and oxygen atoms in total. The number of halogens is 3. The number of anilines is 3. The van der Waals surface area contributed by atoms with Gasteiger partial charge in [-0.3, -0.25) is 9.89 Å². The summed E-state index contributed by atoms with van der Waals surface area (Å²) < 4.78 is 40.2. The number of H-pyrrole nitrogens is 1. The minimum atomic E-state index is -4.95. The van der Waals surface area contributed by atoms with Crippen LogP contribution < -0.4 is 14.7 Å². The van der Waals surface area contributed by atoms with Gasteiger partial charge in [-0.15, -0.1) is 0 Å². The smallest absolute Gasteiger partial charge is 0.368 e. The van der Waals surface area contributed by atoms with E-state index in [-0.39, 0.29) is 12.2 Å². The van der Waals surface area contributed by atoms with Crippen molar-refractivity contribution in [2.45, 2.75) is 26.9 Å². The Labute approximate surface area is 224 Å². The molecule has 0 saturated carbocycles. The number of amides is 1. The predicted molar refractivity (Wildman–Crippen MR) is 146 cm³/mol. The number of piperazine rings is 1. The van der Waals surface area contributed by atoms with E-state index >= 15 is 0 Å². The van der Waals surface area contributed by atoms with Crippen LogP contribution in [0.4, 0.5) is 30.4 Å². The molecule has 5 rings (SSSR count). The van der Waals surface area contributed by atoms with Gasteiger partial charge in [0.25, 0.3) is 0 Å². The molecule has 2 aromatic carbocycles. The van der Waals surface area contributed by atoms with E-state index in [2.05, 4.69) is 36.0 Å². The maximum absolute atomic E-state index is 13.4. The zero-order valence-electron chi connectivity index (χ0n) is 22.0. The molecular formula is C28H30F3N7O. The SMILES string of the molecule is CC(C)(C)CN(C(=O)C(F)(F)F)c1cccc(N2CCN(c3ncnc4ccc(-c5cn[nH]c5)cc34)CC2)c1. The number of aromatic nitrogens is 4. The van der Waals surface area contributed by atoms with Crippen molar-refractivity contribution >= 4 is 34.0 Å². The summed E-state index contributed by atoms with van der Waals surface area (Å²) in [6, 6.07) is 12.8. The van der Waals surface area contributed by atoms with E-state index in [0.717, 1.165) is 38.4 Å². The van der Waals surface area contributed by atoms with Gasteiger partial charge in [0.05, 0.1) is 11.7 Å². The minimum absolute atomic E-state index is 0.0514. The second-order valence-electron chi connectivity index (χ2n) is 10.9. The van der Waals surface area contributed by atoms with Gasteiger partial charge in [-0.1, -0.05) is 32.9 Å². The number of rotatable bonds is 5. The van der Waals surface area contributed by atoms with Crippen LogP contribution in [0, 0.1) is 5.41 Å². The van der Waals surface area contributed by atoms with Crippen LogP contribution in [-0.4, -0.2) is 65.0 Å². The van der Waals surface area contributed by atoms with Gasteiger partial charge in [0.15, 0.2) is 0 Å². The standard InChI is InChI=1S/C28H30F3N7O/c1-27(2,3)17-38(26(39)28(29,30)31)22-6-4-5-21(14-22)36-9-11-37(12-10-36)25-23-13-19(20-15-34-35-16-20)7-8-24(23)32-18-33-25/h4-8,13-16,18H,9-12,17H2,1-3H3,(H,34,35). The quantitative estimate of drug-likeness (QED) is 0.373. The number of carbonyl (C=O) groups is 1. The van der Waals surface area contributed by atoms with Gasteiger partial charge >= 0.3 is 12.1 Å². The maximum Gasteiger partial charge on any atom is 0.471 e. The zero-order valence-corrected chi connectivity index (χ0v) is 22.0. The fourth-order valence-electron chi connectivity index (χ4n) is 4.83. The fraction of sp³-hybridized carbons (Fsp3) is 0.357. The monoisotopic (exact) mass is 537 g/mol. The molecule has 39 heavy (non-hydrogen) atoms. The first-order valence-electron chi connectivity index (χ1n) is 12.7. The lowest BCUT2D eigenvalue weighted by atomic mass is 9.95. The van der Waals surface area contributed by atoms with Crippen LogP contribution in [0.15, 0.2) is 61.2 Å². The predicted octanol–water partition coefficient (Wildman–Crippen LogP) is 5.29. The Balaban J connectivity index is 1.36. The van der Waals surface area contributed by atoms with E-state index in [4.69, 9.17) is 0 Å². The average molecular weight is 538 g/mol. The van der Waals surface area contributed by atoms with E-state index in [1.165, 1.54) is 0 Å². The lowest BCUT2D eigenvalue weighted by molar-refractivity contribution is -0.170. The molecular weight excluding hydrogens is 507 g/mol. The summed E-state index contributed by atoms with van der Waals surface area (Å²) in [6.07, 6.45) is 0.210. The summed E-state index contributed by atoms with van der Waals surface area (Å²) in [5.74, 6) is -1.02. The number of alkyl halides is 3. The van der Waals surface area contributed by atoms with Gasteiger partial charge < -0.3 is 14.7 Å². The third-order valence-corrected chi connectivity index (χ3v) is 6.65. The van der Waals surface area contributed by atoms with E-state index in [1.807, 2.05) is 45.2 Å². The molecule has 3 heterocycles. The van der Waals surface area contributed by atoms with Crippen LogP contribution in [0.25, 0.3) is 22.0 Å². The van der Waals surface area contributed by atoms with E-state index in [9.17, 15) is 18.0 Å². The van der Waals surface area contributed by atoms with Crippen LogP contribution in [0.2, 0.25) is 0 Å². The summed E-state index contributed by atoms with van der Waals surface area (Å²) in [5, 5.41) is 7.81. The minimum Gasteiger partial charge on any atom is -0.368 e. The van der Waals surface area contributed by atoms with Crippen molar-refractivity contribution in [3.63, 3.8) is 0 Å². The van der Waals surface area contributed by atoms with Crippen molar-refractivity contribution < 1.29 is 18.0 Å². The fourth-order valence-corrected chi connectivity index (χ4v) is 4.83. The topological polar surface area (TPSA) is 81.2 Å². The van der Waals surface area contributed by atoms with Crippen LogP contribution in [0.1, 0.15) is 20.8 Å². The highest BCUT2D eigenvalue weighted by atomic mass is 19.4. The molecule has 1 aliphatic heterocycles. The summed E-state index contributed by atoms with van der Waals surface area (Å²) in [5.41, 5.74) is 3.32. The number of benzene rings is 2. The molecule has 1 aliphatic rings. The lowest BCUT2D eigenvalue weighted by Crippen LogP contribution is -2.47. The molecule has 4 aromatic rings. The van der Waals surface area contributed by atoms with Crippen LogP contribution >= 0.6 is 0 Å². The molecule has 204 valence electrons. The Morgan fingerprint density at radius 1 is 0.974 bits per heavy atom. The third-order valence-electron chi connectivity index (χ3n) is 6.65. The highest BCUT2D eigenvalue weighted by molar-refractivity contribution is 5.98. The van der Waals surface area contributed by atoms with Gasteiger partial charge in [-0.05, 0) is 41.3 Å². The molecule has 1 N–H and O–H groups in total. The second-order valence-corrected chi connectivity index (χ2v) is 10.9.